The van der Waals surface area contributed by atoms with Crippen LogP contribution in [0.2, 0.25) is 0 Å². The van der Waals surface area contributed by atoms with Crippen molar-refractivity contribution >= 4 is 5.97 Å². The Morgan fingerprint density at radius 1 is 1.09 bits per heavy atom. The standard InChI is InChI=1S/C28H36O5/c1-16(2)25(30)32-19-9-11-26(3)18(13-19)6-7-21-20(26)10-12-27(4)22(14-23-28(21,27)33-23)17-5-8-24(29)31-15-17/h5,8,15,18-23H,1,6-7,9-14H2,2-4H3/t18-,19+,20+,21-,22-,23-,26-,27-,28-/m0/s1. The second-order valence-electron chi connectivity index (χ2n) is 12.1. The minimum Gasteiger partial charge on any atom is -0.459 e. The van der Waals surface area contributed by atoms with Crippen LogP contribution in [-0.2, 0) is 14.3 Å². The summed E-state index contributed by atoms with van der Waals surface area (Å²) in [5.74, 6) is 2.02. The van der Waals surface area contributed by atoms with Crippen LogP contribution in [0.25, 0.3) is 0 Å². The van der Waals surface area contributed by atoms with Crippen LogP contribution in [0.15, 0.2) is 39.8 Å². The van der Waals surface area contributed by atoms with Gasteiger partial charge < -0.3 is 13.9 Å². The van der Waals surface area contributed by atoms with E-state index in [4.69, 9.17) is 13.9 Å². The van der Waals surface area contributed by atoms with E-state index < -0.39 is 0 Å². The minimum absolute atomic E-state index is 0.0199. The van der Waals surface area contributed by atoms with Gasteiger partial charge in [-0.15, -0.1) is 0 Å². The number of hydrogen-bond acceptors (Lipinski definition) is 5. The molecule has 1 aromatic rings. The van der Waals surface area contributed by atoms with Crippen LogP contribution in [0.3, 0.4) is 0 Å². The van der Waals surface area contributed by atoms with E-state index in [1.165, 1.54) is 19.3 Å². The monoisotopic (exact) mass is 452 g/mol. The van der Waals surface area contributed by atoms with Gasteiger partial charge >= 0.3 is 11.6 Å². The first-order chi connectivity index (χ1) is 15.7. The van der Waals surface area contributed by atoms with Crippen LogP contribution >= 0.6 is 0 Å². The lowest BCUT2D eigenvalue weighted by Gasteiger charge is -2.61. The molecule has 1 aliphatic heterocycles. The Bertz CT molecular complexity index is 1040. The fourth-order valence-corrected chi connectivity index (χ4v) is 9.08. The second-order valence-corrected chi connectivity index (χ2v) is 12.1. The van der Waals surface area contributed by atoms with E-state index >= 15 is 0 Å². The summed E-state index contributed by atoms with van der Waals surface area (Å²) in [5.41, 5.74) is 1.73. The van der Waals surface area contributed by atoms with Gasteiger partial charge in [0.05, 0.1) is 12.4 Å². The Labute approximate surface area is 195 Å². The highest BCUT2D eigenvalue weighted by molar-refractivity contribution is 5.87. The van der Waals surface area contributed by atoms with Crippen molar-refractivity contribution in [1.82, 2.24) is 0 Å². The first-order valence-corrected chi connectivity index (χ1v) is 12.8. The molecule has 1 saturated heterocycles. The Balaban J connectivity index is 1.24. The maximum atomic E-state index is 12.1. The van der Waals surface area contributed by atoms with E-state index in [0.717, 1.165) is 37.7 Å². The van der Waals surface area contributed by atoms with Crippen molar-refractivity contribution in [2.24, 2.45) is 28.6 Å². The second kappa shape index (κ2) is 7.07. The zero-order chi connectivity index (χ0) is 23.2. The molecule has 0 radical (unpaired) electrons. The summed E-state index contributed by atoms with van der Waals surface area (Å²) in [7, 11) is 0. The number of fused-ring (bicyclic) bond motifs is 3. The molecule has 5 aliphatic rings. The third kappa shape index (κ3) is 2.87. The zero-order valence-corrected chi connectivity index (χ0v) is 20.1. The van der Waals surface area contributed by atoms with Crippen LogP contribution in [0.1, 0.15) is 83.6 Å². The molecule has 4 aliphatic carbocycles. The largest absolute Gasteiger partial charge is 0.459 e. The lowest BCUT2D eigenvalue weighted by Crippen LogP contribution is -2.58. The summed E-state index contributed by atoms with van der Waals surface area (Å²) in [6, 6.07) is 3.53. The number of carbonyl (C=O) groups is 1. The molecule has 0 unspecified atom stereocenters. The van der Waals surface area contributed by atoms with E-state index in [0.29, 0.717) is 40.8 Å². The lowest BCUT2D eigenvalue weighted by molar-refractivity contribution is -0.161. The number of hydrogen-bond donors (Lipinski definition) is 0. The van der Waals surface area contributed by atoms with Gasteiger partial charge in [-0.3, -0.25) is 0 Å². The molecule has 5 heteroatoms. The summed E-state index contributed by atoms with van der Waals surface area (Å²) in [6.07, 6.45) is 10.9. The predicted octanol–water partition coefficient (Wildman–Crippen LogP) is 5.39. The van der Waals surface area contributed by atoms with Crippen molar-refractivity contribution in [2.75, 3.05) is 0 Å². The van der Waals surface area contributed by atoms with E-state index in [1.54, 1.807) is 19.3 Å². The quantitative estimate of drug-likeness (QED) is 0.350. The van der Waals surface area contributed by atoms with Gasteiger partial charge in [0.25, 0.3) is 0 Å². The molecule has 5 fully saturated rings. The number of carbonyl (C=O) groups excluding carboxylic acids is 1. The van der Waals surface area contributed by atoms with Crippen molar-refractivity contribution in [3.05, 3.63) is 46.5 Å². The fourth-order valence-electron chi connectivity index (χ4n) is 9.08. The van der Waals surface area contributed by atoms with Crippen LogP contribution in [0.4, 0.5) is 0 Å². The van der Waals surface area contributed by atoms with Gasteiger partial charge in [0.2, 0.25) is 0 Å². The molecule has 33 heavy (non-hydrogen) atoms. The molecule has 0 amide bonds. The third-order valence-electron chi connectivity index (χ3n) is 10.8. The van der Waals surface area contributed by atoms with Gasteiger partial charge in [0.15, 0.2) is 0 Å². The molecule has 1 spiro atoms. The zero-order valence-electron chi connectivity index (χ0n) is 20.1. The average molecular weight is 453 g/mol. The highest BCUT2D eigenvalue weighted by Gasteiger charge is 2.80. The molecule has 0 bridgehead atoms. The molecule has 5 nitrogen and oxygen atoms in total. The van der Waals surface area contributed by atoms with Crippen molar-refractivity contribution < 1.29 is 18.7 Å². The van der Waals surface area contributed by atoms with E-state index in [9.17, 15) is 9.59 Å². The number of epoxide rings is 1. The van der Waals surface area contributed by atoms with Gasteiger partial charge in [-0.2, -0.15) is 0 Å². The molecule has 0 N–H and O–H groups in total. The van der Waals surface area contributed by atoms with Crippen LogP contribution < -0.4 is 5.63 Å². The smallest absolute Gasteiger partial charge is 0.335 e. The summed E-state index contributed by atoms with van der Waals surface area (Å²) in [4.78, 5) is 23.6. The molecule has 178 valence electrons. The normalized spacial score (nSPS) is 47.5. The van der Waals surface area contributed by atoms with Crippen LogP contribution in [0.5, 0.6) is 0 Å². The van der Waals surface area contributed by atoms with Gasteiger partial charge in [0, 0.05) is 17.1 Å². The van der Waals surface area contributed by atoms with Gasteiger partial charge in [-0.1, -0.05) is 20.4 Å². The topological polar surface area (TPSA) is 69.0 Å². The molecule has 0 aromatic carbocycles. The van der Waals surface area contributed by atoms with E-state index in [2.05, 4.69) is 20.4 Å². The van der Waals surface area contributed by atoms with Crippen molar-refractivity contribution in [1.29, 1.82) is 0 Å². The molecule has 2 heterocycles. The van der Waals surface area contributed by atoms with E-state index in [1.807, 2.05) is 6.07 Å². The molecule has 4 saturated carbocycles. The summed E-state index contributed by atoms with van der Waals surface area (Å²) in [6.45, 7) is 10.4. The van der Waals surface area contributed by atoms with Gasteiger partial charge in [-0.05, 0) is 99.0 Å². The maximum absolute atomic E-state index is 12.1. The van der Waals surface area contributed by atoms with Crippen LogP contribution in [-0.4, -0.2) is 23.8 Å². The van der Waals surface area contributed by atoms with Crippen molar-refractivity contribution in [2.45, 2.75) is 95.9 Å². The first kappa shape index (κ1) is 21.6. The summed E-state index contributed by atoms with van der Waals surface area (Å²) in [5, 5.41) is 0. The first-order valence-electron chi connectivity index (χ1n) is 12.8. The van der Waals surface area contributed by atoms with Gasteiger partial charge in [-0.25, -0.2) is 9.59 Å². The number of esters is 1. The predicted molar refractivity (Wildman–Crippen MR) is 124 cm³/mol. The Kier molecular flexibility index (Phi) is 4.63. The minimum atomic E-state index is -0.280. The van der Waals surface area contributed by atoms with Gasteiger partial charge in [0.1, 0.15) is 11.7 Å². The Hall–Kier alpha value is -1.88. The molecule has 9 atom stereocenters. The SMILES string of the molecule is C=C(C)C(=O)O[C@@H]1CC[C@@]2(C)[C@@H](CC[C@H]3[C@H]2CC[C@@]2(C)[C@H](c4ccc(=O)oc4)C[C@@H]4O[C@]432)C1. The molecular formula is C28H36O5. The average Bonchev–Trinajstić information content (AvgIpc) is 3.44. The maximum Gasteiger partial charge on any atom is 0.335 e. The number of ether oxygens (including phenoxy) is 2. The summed E-state index contributed by atoms with van der Waals surface area (Å²) < 4.78 is 17.7. The fraction of sp³-hybridized carbons (Fsp3) is 0.714. The lowest BCUT2D eigenvalue weighted by atomic mass is 9.44. The van der Waals surface area contributed by atoms with Crippen LogP contribution in [0, 0.1) is 28.6 Å². The summed E-state index contributed by atoms with van der Waals surface area (Å²) >= 11 is 0. The molecule has 6 rings (SSSR count). The highest BCUT2D eigenvalue weighted by Crippen LogP contribution is 2.78. The Morgan fingerprint density at radius 3 is 2.64 bits per heavy atom. The molecule has 1 aromatic heterocycles. The molecular weight excluding hydrogens is 416 g/mol. The van der Waals surface area contributed by atoms with Crippen molar-refractivity contribution in [3.8, 4) is 0 Å². The third-order valence-corrected chi connectivity index (χ3v) is 10.8. The van der Waals surface area contributed by atoms with E-state index in [-0.39, 0.29) is 28.7 Å². The Morgan fingerprint density at radius 2 is 1.91 bits per heavy atom. The highest BCUT2D eigenvalue weighted by atomic mass is 16.6. The van der Waals surface area contributed by atoms with Crippen molar-refractivity contribution in [3.63, 3.8) is 0 Å². The number of rotatable bonds is 3.